The summed E-state index contributed by atoms with van der Waals surface area (Å²) in [5, 5.41) is 8.65. The van der Waals surface area contributed by atoms with Crippen molar-refractivity contribution in [2.24, 2.45) is 11.8 Å². The van der Waals surface area contributed by atoms with Gasteiger partial charge in [-0.2, -0.15) is 0 Å². The Hall–Kier alpha value is -0.860. The molecule has 0 saturated carbocycles. The van der Waals surface area contributed by atoms with Gasteiger partial charge in [0.2, 0.25) is 0 Å². The Morgan fingerprint density at radius 2 is 2.18 bits per heavy atom. The summed E-state index contributed by atoms with van der Waals surface area (Å²) < 4.78 is 0. The van der Waals surface area contributed by atoms with Crippen LogP contribution in [0.15, 0.2) is 0 Å². The standard InChI is InChI=1S/C8H14O3/c1-3-6(2)7(4-5-9)8(10)11/h5-7H,3-4H2,1-2H3,(H,10,11)/t6?,7-/m0/s1. The molecule has 1 N–H and O–H groups in total. The molecule has 0 amide bonds. The molecule has 0 aromatic heterocycles. The molecule has 0 aliphatic rings. The Balaban J connectivity index is 4.08. The van der Waals surface area contributed by atoms with Gasteiger partial charge in [0.15, 0.2) is 0 Å². The number of hydrogen-bond acceptors (Lipinski definition) is 2. The van der Waals surface area contributed by atoms with Crippen molar-refractivity contribution < 1.29 is 14.7 Å². The van der Waals surface area contributed by atoms with Crippen molar-refractivity contribution in [2.45, 2.75) is 26.7 Å². The zero-order valence-corrected chi connectivity index (χ0v) is 6.91. The highest BCUT2D eigenvalue weighted by Gasteiger charge is 2.22. The summed E-state index contributed by atoms with van der Waals surface area (Å²) in [6.45, 7) is 3.77. The average molecular weight is 158 g/mol. The van der Waals surface area contributed by atoms with Crippen LogP contribution in [-0.2, 0) is 9.59 Å². The maximum Gasteiger partial charge on any atom is 0.307 e. The fraction of sp³-hybridized carbons (Fsp3) is 0.750. The first-order chi connectivity index (χ1) is 5.13. The van der Waals surface area contributed by atoms with Crippen LogP contribution in [0.25, 0.3) is 0 Å². The number of aldehydes is 1. The molecule has 2 atom stereocenters. The maximum atomic E-state index is 10.5. The zero-order valence-electron chi connectivity index (χ0n) is 6.91. The molecule has 0 rings (SSSR count). The molecule has 0 fully saturated rings. The van der Waals surface area contributed by atoms with Crippen molar-refractivity contribution in [3.05, 3.63) is 0 Å². The van der Waals surface area contributed by atoms with E-state index in [0.29, 0.717) is 6.29 Å². The third-order valence-electron chi connectivity index (χ3n) is 2.00. The summed E-state index contributed by atoms with van der Waals surface area (Å²) in [6, 6.07) is 0. The fourth-order valence-corrected chi connectivity index (χ4v) is 0.965. The van der Waals surface area contributed by atoms with Crippen LogP contribution in [-0.4, -0.2) is 17.4 Å². The molecule has 11 heavy (non-hydrogen) atoms. The molecular weight excluding hydrogens is 144 g/mol. The molecule has 3 heteroatoms. The van der Waals surface area contributed by atoms with E-state index in [9.17, 15) is 9.59 Å². The average Bonchev–Trinajstić information content (AvgIpc) is 1.98. The van der Waals surface area contributed by atoms with Gasteiger partial charge in [0.25, 0.3) is 0 Å². The minimum absolute atomic E-state index is 0.0812. The third kappa shape index (κ3) is 3.16. The Kier molecular flexibility index (Phi) is 4.50. The van der Waals surface area contributed by atoms with Crippen molar-refractivity contribution in [3.8, 4) is 0 Å². The molecule has 64 valence electrons. The summed E-state index contributed by atoms with van der Waals surface area (Å²) >= 11 is 0. The van der Waals surface area contributed by atoms with Crippen LogP contribution in [0.2, 0.25) is 0 Å². The third-order valence-corrected chi connectivity index (χ3v) is 2.00. The first-order valence-corrected chi connectivity index (χ1v) is 3.79. The molecule has 0 radical (unpaired) electrons. The molecule has 0 bridgehead atoms. The van der Waals surface area contributed by atoms with Gasteiger partial charge in [-0.1, -0.05) is 20.3 Å². The predicted molar refractivity (Wildman–Crippen MR) is 41.3 cm³/mol. The molecule has 0 saturated heterocycles. The van der Waals surface area contributed by atoms with Crippen molar-refractivity contribution >= 4 is 12.3 Å². The largest absolute Gasteiger partial charge is 0.481 e. The zero-order chi connectivity index (χ0) is 8.85. The highest BCUT2D eigenvalue weighted by atomic mass is 16.4. The normalized spacial score (nSPS) is 15.5. The van der Waals surface area contributed by atoms with E-state index in [1.54, 1.807) is 0 Å². The topological polar surface area (TPSA) is 54.4 Å². The van der Waals surface area contributed by atoms with Crippen molar-refractivity contribution in [3.63, 3.8) is 0 Å². The van der Waals surface area contributed by atoms with Crippen LogP contribution in [0, 0.1) is 11.8 Å². The van der Waals surface area contributed by atoms with Gasteiger partial charge in [-0.3, -0.25) is 4.79 Å². The molecule has 3 nitrogen and oxygen atoms in total. The van der Waals surface area contributed by atoms with E-state index in [1.165, 1.54) is 0 Å². The number of rotatable bonds is 5. The molecule has 1 unspecified atom stereocenters. The second-order valence-electron chi connectivity index (χ2n) is 2.73. The summed E-state index contributed by atoms with van der Waals surface area (Å²) in [4.78, 5) is 20.6. The van der Waals surface area contributed by atoms with Crippen molar-refractivity contribution in [1.82, 2.24) is 0 Å². The van der Waals surface area contributed by atoms with E-state index in [0.717, 1.165) is 6.42 Å². The molecule has 0 aliphatic carbocycles. The first kappa shape index (κ1) is 10.1. The second kappa shape index (κ2) is 4.88. The minimum Gasteiger partial charge on any atom is -0.481 e. The molecular formula is C8H14O3. The number of carboxylic acid groups (broad SMARTS) is 1. The Labute approximate surface area is 66.4 Å². The Bertz CT molecular complexity index is 142. The lowest BCUT2D eigenvalue weighted by Gasteiger charge is -2.15. The van der Waals surface area contributed by atoms with Gasteiger partial charge in [0, 0.05) is 6.42 Å². The highest BCUT2D eigenvalue weighted by Crippen LogP contribution is 2.17. The fourth-order valence-electron chi connectivity index (χ4n) is 0.965. The smallest absolute Gasteiger partial charge is 0.307 e. The van der Waals surface area contributed by atoms with Gasteiger partial charge >= 0.3 is 5.97 Å². The van der Waals surface area contributed by atoms with Crippen LogP contribution >= 0.6 is 0 Å². The molecule has 0 aliphatic heterocycles. The number of hydrogen-bond donors (Lipinski definition) is 1. The van der Waals surface area contributed by atoms with E-state index < -0.39 is 11.9 Å². The summed E-state index contributed by atoms with van der Waals surface area (Å²) in [6.07, 6.45) is 1.60. The monoisotopic (exact) mass is 158 g/mol. The van der Waals surface area contributed by atoms with Gasteiger partial charge < -0.3 is 9.90 Å². The molecule has 0 heterocycles. The van der Waals surface area contributed by atoms with E-state index in [4.69, 9.17) is 5.11 Å². The van der Waals surface area contributed by atoms with E-state index in [2.05, 4.69) is 0 Å². The number of carboxylic acids is 1. The summed E-state index contributed by atoms with van der Waals surface area (Å²) in [7, 11) is 0. The summed E-state index contributed by atoms with van der Waals surface area (Å²) in [5.74, 6) is -1.29. The number of carbonyl (C=O) groups is 2. The van der Waals surface area contributed by atoms with Crippen LogP contribution in [0.3, 0.4) is 0 Å². The molecule has 0 aromatic carbocycles. The lowest BCUT2D eigenvalue weighted by molar-refractivity contribution is -0.144. The van der Waals surface area contributed by atoms with Crippen LogP contribution in [0.5, 0.6) is 0 Å². The van der Waals surface area contributed by atoms with Gasteiger partial charge in [-0.25, -0.2) is 0 Å². The van der Waals surface area contributed by atoms with Gasteiger partial charge in [-0.05, 0) is 5.92 Å². The predicted octanol–water partition coefficient (Wildman–Crippen LogP) is 1.32. The van der Waals surface area contributed by atoms with E-state index >= 15 is 0 Å². The quantitative estimate of drug-likeness (QED) is 0.614. The van der Waals surface area contributed by atoms with Gasteiger partial charge in [0.05, 0.1) is 5.92 Å². The Morgan fingerprint density at radius 3 is 2.45 bits per heavy atom. The van der Waals surface area contributed by atoms with Crippen LogP contribution in [0.4, 0.5) is 0 Å². The van der Waals surface area contributed by atoms with Crippen molar-refractivity contribution in [2.75, 3.05) is 0 Å². The number of carbonyl (C=O) groups excluding carboxylic acids is 1. The molecule has 0 aromatic rings. The number of aliphatic carboxylic acids is 1. The summed E-state index contributed by atoms with van der Waals surface area (Å²) in [5.41, 5.74) is 0. The maximum absolute atomic E-state index is 10.5. The SMILES string of the molecule is CCC(C)[C@H](CC=O)C(=O)O. The van der Waals surface area contributed by atoms with Crippen LogP contribution < -0.4 is 0 Å². The van der Waals surface area contributed by atoms with E-state index in [1.807, 2.05) is 13.8 Å². The van der Waals surface area contributed by atoms with Crippen LogP contribution in [0.1, 0.15) is 26.7 Å². The highest BCUT2D eigenvalue weighted by molar-refractivity contribution is 5.73. The van der Waals surface area contributed by atoms with E-state index in [-0.39, 0.29) is 12.3 Å². The van der Waals surface area contributed by atoms with Gasteiger partial charge in [0.1, 0.15) is 6.29 Å². The Morgan fingerprint density at radius 1 is 1.64 bits per heavy atom. The lowest BCUT2D eigenvalue weighted by atomic mass is 9.90. The second-order valence-corrected chi connectivity index (χ2v) is 2.73. The van der Waals surface area contributed by atoms with Gasteiger partial charge in [-0.15, -0.1) is 0 Å². The minimum atomic E-state index is -0.869. The lowest BCUT2D eigenvalue weighted by Crippen LogP contribution is -2.21. The first-order valence-electron chi connectivity index (χ1n) is 3.79. The molecule has 0 spiro atoms. The van der Waals surface area contributed by atoms with Crippen molar-refractivity contribution in [1.29, 1.82) is 0 Å².